The highest BCUT2D eigenvalue weighted by Crippen LogP contribution is 2.28. The maximum atomic E-state index is 12.9. The summed E-state index contributed by atoms with van der Waals surface area (Å²) < 4.78 is 40.7. The smallest absolute Gasteiger partial charge is 0.365 e. The number of rotatable bonds is 5. The van der Waals surface area contributed by atoms with Crippen LogP contribution in [0.15, 0.2) is 60.3 Å². The molecule has 3 nitrogen and oxygen atoms in total. The normalized spacial score (nSPS) is 14.4. The van der Waals surface area contributed by atoms with Gasteiger partial charge in [0.15, 0.2) is 5.78 Å². The summed E-state index contributed by atoms with van der Waals surface area (Å²) in [5.74, 6) is -0.185. The largest absolute Gasteiger partial charge is 0.417 e. The summed E-state index contributed by atoms with van der Waals surface area (Å²) in [5.41, 5.74) is 2.71. The standard InChI is InChI=1S/C21H21F3N2O/c1-15-11-19(16(2)26(15)12-17-7-4-3-5-8-17)20(27)14-25-10-6-9-18(13-25)21(22,23)24/h3-9,11,13H,10,12,14H2,1-2H3. The molecule has 3 rings (SSSR count). The minimum absolute atomic E-state index is 0.0838. The molecular weight excluding hydrogens is 353 g/mol. The number of Topliss-reactive ketones (excluding diaryl/α,β-unsaturated/α-hetero) is 1. The number of carbonyl (C=O) groups excluding carboxylic acids is 1. The maximum Gasteiger partial charge on any atom is 0.417 e. The highest BCUT2D eigenvalue weighted by molar-refractivity contribution is 5.99. The SMILES string of the molecule is Cc1cc(C(=O)CN2C=C(C(F)(F)F)C=CC2)c(C)n1Cc1ccccc1. The van der Waals surface area contributed by atoms with Gasteiger partial charge in [0.05, 0.1) is 12.1 Å². The van der Waals surface area contributed by atoms with Gasteiger partial charge in [-0.3, -0.25) is 4.79 Å². The summed E-state index contributed by atoms with van der Waals surface area (Å²) >= 11 is 0. The van der Waals surface area contributed by atoms with E-state index < -0.39 is 11.7 Å². The summed E-state index contributed by atoms with van der Waals surface area (Å²) in [6.45, 7) is 4.65. The quantitative estimate of drug-likeness (QED) is 0.712. The van der Waals surface area contributed by atoms with E-state index in [1.165, 1.54) is 11.0 Å². The van der Waals surface area contributed by atoms with Crippen molar-refractivity contribution in [3.8, 4) is 0 Å². The zero-order valence-electron chi connectivity index (χ0n) is 15.3. The van der Waals surface area contributed by atoms with Crippen LogP contribution < -0.4 is 0 Å². The third-order valence-corrected chi connectivity index (χ3v) is 4.69. The van der Waals surface area contributed by atoms with Crippen LogP contribution in [0.4, 0.5) is 13.2 Å². The molecule has 0 bridgehead atoms. The van der Waals surface area contributed by atoms with Gasteiger partial charge in [-0.25, -0.2) is 0 Å². The number of aromatic nitrogens is 1. The first-order valence-electron chi connectivity index (χ1n) is 8.69. The third-order valence-electron chi connectivity index (χ3n) is 4.69. The highest BCUT2D eigenvalue weighted by Gasteiger charge is 2.33. The second-order valence-electron chi connectivity index (χ2n) is 6.69. The number of alkyl halides is 3. The second-order valence-corrected chi connectivity index (χ2v) is 6.69. The Morgan fingerprint density at radius 3 is 2.52 bits per heavy atom. The van der Waals surface area contributed by atoms with E-state index in [4.69, 9.17) is 0 Å². The lowest BCUT2D eigenvalue weighted by Crippen LogP contribution is -2.29. The molecule has 0 N–H and O–H groups in total. The fraction of sp³-hybridized carbons (Fsp3) is 0.286. The topological polar surface area (TPSA) is 25.2 Å². The molecule has 0 saturated heterocycles. The predicted octanol–water partition coefficient (Wildman–Crippen LogP) is 4.65. The number of halogens is 3. The van der Waals surface area contributed by atoms with Crippen LogP contribution in [0.1, 0.15) is 27.3 Å². The zero-order chi connectivity index (χ0) is 19.6. The van der Waals surface area contributed by atoms with E-state index in [1.807, 2.05) is 50.2 Å². The number of hydrogen-bond acceptors (Lipinski definition) is 2. The molecule has 1 aliphatic rings. The van der Waals surface area contributed by atoms with Crippen LogP contribution in [-0.2, 0) is 6.54 Å². The van der Waals surface area contributed by atoms with E-state index >= 15 is 0 Å². The fourth-order valence-electron chi connectivity index (χ4n) is 3.25. The summed E-state index contributed by atoms with van der Waals surface area (Å²) in [6.07, 6.45) is -0.924. The number of allylic oxidation sites excluding steroid dienone is 2. The number of benzene rings is 1. The first-order valence-corrected chi connectivity index (χ1v) is 8.69. The molecule has 142 valence electrons. The van der Waals surface area contributed by atoms with Gasteiger partial charge in [0.1, 0.15) is 0 Å². The molecule has 0 amide bonds. The fourth-order valence-corrected chi connectivity index (χ4v) is 3.25. The van der Waals surface area contributed by atoms with Gasteiger partial charge in [-0.15, -0.1) is 0 Å². The number of carbonyl (C=O) groups is 1. The molecule has 1 aliphatic heterocycles. The Bertz CT molecular complexity index is 892. The van der Waals surface area contributed by atoms with Gasteiger partial charge in [-0.1, -0.05) is 42.5 Å². The number of nitrogens with zero attached hydrogens (tertiary/aromatic N) is 2. The van der Waals surface area contributed by atoms with Crippen LogP contribution in [0.2, 0.25) is 0 Å². The monoisotopic (exact) mass is 374 g/mol. The Kier molecular flexibility index (Phi) is 5.26. The van der Waals surface area contributed by atoms with Crippen LogP contribution in [0.3, 0.4) is 0 Å². The van der Waals surface area contributed by atoms with Gasteiger partial charge < -0.3 is 9.47 Å². The molecule has 0 spiro atoms. The Labute approximate surface area is 156 Å². The van der Waals surface area contributed by atoms with E-state index in [9.17, 15) is 18.0 Å². The molecule has 6 heteroatoms. The van der Waals surface area contributed by atoms with Gasteiger partial charge >= 0.3 is 6.18 Å². The van der Waals surface area contributed by atoms with Crippen molar-refractivity contribution in [2.45, 2.75) is 26.6 Å². The lowest BCUT2D eigenvalue weighted by molar-refractivity contribution is -0.0895. The van der Waals surface area contributed by atoms with Crippen LogP contribution in [-0.4, -0.2) is 34.5 Å². The van der Waals surface area contributed by atoms with Gasteiger partial charge in [-0.2, -0.15) is 13.2 Å². The molecule has 2 aromatic rings. The van der Waals surface area contributed by atoms with Crippen molar-refractivity contribution in [2.24, 2.45) is 0 Å². The summed E-state index contributed by atoms with van der Waals surface area (Å²) in [5, 5.41) is 0. The van der Waals surface area contributed by atoms with Crippen molar-refractivity contribution < 1.29 is 18.0 Å². The molecule has 0 saturated carbocycles. The lowest BCUT2D eigenvalue weighted by Gasteiger charge is -2.23. The van der Waals surface area contributed by atoms with Crippen molar-refractivity contribution in [1.29, 1.82) is 0 Å². The Morgan fingerprint density at radius 2 is 1.85 bits per heavy atom. The Morgan fingerprint density at radius 1 is 1.15 bits per heavy atom. The van der Waals surface area contributed by atoms with Crippen molar-refractivity contribution in [3.63, 3.8) is 0 Å². The zero-order valence-corrected chi connectivity index (χ0v) is 15.3. The third kappa shape index (κ3) is 4.32. The van der Waals surface area contributed by atoms with Gasteiger partial charge in [0, 0.05) is 36.2 Å². The van der Waals surface area contributed by atoms with E-state index in [2.05, 4.69) is 4.57 Å². The molecule has 2 heterocycles. The lowest BCUT2D eigenvalue weighted by atomic mass is 10.1. The van der Waals surface area contributed by atoms with Crippen molar-refractivity contribution >= 4 is 5.78 Å². The second kappa shape index (κ2) is 7.47. The highest BCUT2D eigenvalue weighted by atomic mass is 19.4. The summed E-state index contributed by atoms with van der Waals surface area (Å²) in [4.78, 5) is 14.1. The maximum absolute atomic E-state index is 12.9. The molecule has 0 atom stereocenters. The Balaban J connectivity index is 1.77. The molecule has 1 aromatic heterocycles. The van der Waals surface area contributed by atoms with Crippen LogP contribution >= 0.6 is 0 Å². The van der Waals surface area contributed by atoms with E-state index in [-0.39, 0.29) is 18.9 Å². The van der Waals surface area contributed by atoms with Crippen molar-refractivity contribution in [2.75, 3.05) is 13.1 Å². The van der Waals surface area contributed by atoms with Crippen molar-refractivity contribution in [1.82, 2.24) is 9.47 Å². The van der Waals surface area contributed by atoms with Gasteiger partial charge in [0.25, 0.3) is 0 Å². The molecule has 0 fully saturated rings. The molecule has 0 radical (unpaired) electrons. The van der Waals surface area contributed by atoms with Crippen LogP contribution in [0.5, 0.6) is 0 Å². The first kappa shape index (κ1) is 19.0. The predicted molar refractivity (Wildman–Crippen MR) is 98.6 cm³/mol. The van der Waals surface area contributed by atoms with Gasteiger partial charge in [0.2, 0.25) is 0 Å². The summed E-state index contributed by atoms with van der Waals surface area (Å²) in [7, 11) is 0. The number of ketones is 1. The van der Waals surface area contributed by atoms with Crippen LogP contribution in [0.25, 0.3) is 0 Å². The average Bonchev–Trinajstić information content (AvgIpc) is 2.90. The van der Waals surface area contributed by atoms with Crippen LogP contribution in [0, 0.1) is 13.8 Å². The number of aryl methyl sites for hydroxylation is 1. The Hall–Kier alpha value is -2.76. The molecule has 1 aromatic carbocycles. The number of hydrogen-bond donors (Lipinski definition) is 0. The summed E-state index contributed by atoms with van der Waals surface area (Å²) in [6, 6.07) is 11.7. The van der Waals surface area contributed by atoms with E-state index in [0.29, 0.717) is 12.1 Å². The minimum atomic E-state index is -4.41. The van der Waals surface area contributed by atoms with E-state index in [0.717, 1.165) is 29.2 Å². The molecule has 0 aliphatic carbocycles. The van der Waals surface area contributed by atoms with Crippen molar-refractivity contribution in [3.05, 3.63) is 82.8 Å². The van der Waals surface area contributed by atoms with E-state index in [1.54, 1.807) is 0 Å². The molecule has 27 heavy (non-hydrogen) atoms. The molecular formula is C21H21F3N2O. The minimum Gasteiger partial charge on any atom is -0.365 e. The molecule has 0 unspecified atom stereocenters. The average molecular weight is 374 g/mol. The van der Waals surface area contributed by atoms with Gasteiger partial charge in [-0.05, 0) is 25.5 Å². The first-order chi connectivity index (χ1) is 12.8.